The van der Waals surface area contributed by atoms with Gasteiger partial charge in [-0.3, -0.25) is 4.98 Å². The normalized spacial score (nSPS) is 14.1. The lowest BCUT2D eigenvalue weighted by Crippen LogP contribution is -2.41. The van der Waals surface area contributed by atoms with Crippen molar-refractivity contribution in [1.29, 1.82) is 0 Å². The minimum absolute atomic E-state index is 0.0327. The van der Waals surface area contributed by atoms with Gasteiger partial charge in [-0.25, -0.2) is 0 Å². The van der Waals surface area contributed by atoms with Crippen LogP contribution < -0.4 is 10.5 Å². The molecule has 1 aromatic heterocycles. The van der Waals surface area contributed by atoms with E-state index in [9.17, 15) is 0 Å². The Balaban J connectivity index is 2.47. The summed E-state index contributed by atoms with van der Waals surface area (Å²) in [6.45, 7) is 12.4. The van der Waals surface area contributed by atoms with E-state index in [1.165, 1.54) is 5.56 Å². The number of ether oxygens (including phenoxy) is 1. The van der Waals surface area contributed by atoms with Gasteiger partial charge in [0, 0.05) is 12.7 Å². The Hall–Kier alpha value is -1.13. The summed E-state index contributed by atoms with van der Waals surface area (Å²) in [4.78, 5) is 6.69. The van der Waals surface area contributed by atoms with E-state index in [-0.39, 0.29) is 6.04 Å². The summed E-state index contributed by atoms with van der Waals surface area (Å²) in [7, 11) is 0. The fourth-order valence-electron chi connectivity index (χ4n) is 2.53. The second kappa shape index (κ2) is 10.6. The van der Waals surface area contributed by atoms with Crippen LogP contribution in [0.15, 0.2) is 18.5 Å². The van der Waals surface area contributed by atoms with Crippen molar-refractivity contribution in [1.82, 2.24) is 9.88 Å². The van der Waals surface area contributed by atoms with Crippen molar-refractivity contribution in [2.45, 2.75) is 58.9 Å². The summed E-state index contributed by atoms with van der Waals surface area (Å²) in [6, 6.07) is 2.12. The topological polar surface area (TPSA) is 51.4 Å². The fraction of sp³-hybridized carbons (Fsp3) is 0.722. The summed E-state index contributed by atoms with van der Waals surface area (Å²) in [5.41, 5.74) is 7.45. The monoisotopic (exact) mass is 307 g/mol. The van der Waals surface area contributed by atoms with E-state index in [0.29, 0.717) is 12.5 Å². The van der Waals surface area contributed by atoms with Gasteiger partial charge >= 0.3 is 0 Å². The van der Waals surface area contributed by atoms with Gasteiger partial charge in [0.15, 0.2) is 0 Å². The average Bonchev–Trinajstić information content (AvgIpc) is 2.53. The summed E-state index contributed by atoms with van der Waals surface area (Å²) >= 11 is 0. The highest BCUT2D eigenvalue weighted by Crippen LogP contribution is 2.21. The van der Waals surface area contributed by atoms with Crippen LogP contribution in [-0.2, 0) is 0 Å². The number of rotatable bonds is 11. The highest BCUT2D eigenvalue weighted by atomic mass is 16.5. The molecule has 2 atom stereocenters. The van der Waals surface area contributed by atoms with Gasteiger partial charge in [0.05, 0.1) is 12.2 Å². The third-order valence-electron chi connectivity index (χ3n) is 3.95. The Morgan fingerprint density at radius 1 is 1.18 bits per heavy atom. The predicted octanol–water partition coefficient (Wildman–Crippen LogP) is 3.42. The lowest BCUT2D eigenvalue weighted by molar-refractivity contribution is 0.212. The van der Waals surface area contributed by atoms with E-state index in [2.05, 4.69) is 43.6 Å². The fourth-order valence-corrected chi connectivity index (χ4v) is 2.53. The first kappa shape index (κ1) is 18.9. The van der Waals surface area contributed by atoms with E-state index in [0.717, 1.165) is 44.6 Å². The van der Waals surface area contributed by atoms with Crippen molar-refractivity contribution in [2.75, 3.05) is 26.2 Å². The lowest BCUT2D eigenvalue weighted by Gasteiger charge is -2.24. The van der Waals surface area contributed by atoms with Crippen LogP contribution >= 0.6 is 0 Å². The zero-order chi connectivity index (χ0) is 16.4. The Bertz CT molecular complexity index is 405. The van der Waals surface area contributed by atoms with Crippen LogP contribution in [0.25, 0.3) is 0 Å². The largest absolute Gasteiger partial charge is 0.490 e. The maximum atomic E-state index is 6.22. The summed E-state index contributed by atoms with van der Waals surface area (Å²) in [5, 5.41) is 0. The second-order valence-corrected chi connectivity index (χ2v) is 6.13. The number of pyridine rings is 1. The van der Waals surface area contributed by atoms with Crippen molar-refractivity contribution in [3.8, 4) is 5.75 Å². The molecule has 1 rings (SSSR count). The Labute approximate surface area is 136 Å². The first-order valence-electron chi connectivity index (χ1n) is 8.66. The maximum Gasteiger partial charge on any atom is 0.137 e. The Kier molecular flexibility index (Phi) is 9.09. The summed E-state index contributed by atoms with van der Waals surface area (Å²) in [6.07, 6.45) is 7.12. The molecule has 0 spiro atoms. The molecule has 126 valence electrons. The van der Waals surface area contributed by atoms with Gasteiger partial charge in [0.25, 0.3) is 0 Å². The average molecular weight is 307 g/mol. The second-order valence-electron chi connectivity index (χ2n) is 6.13. The molecule has 4 nitrogen and oxygen atoms in total. The molecule has 1 aromatic rings. The molecule has 0 radical (unpaired) electrons. The van der Waals surface area contributed by atoms with Crippen LogP contribution in [0.5, 0.6) is 5.75 Å². The van der Waals surface area contributed by atoms with Crippen LogP contribution in [0.2, 0.25) is 0 Å². The molecule has 2 unspecified atom stereocenters. The smallest absolute Gasteiger partial charge is 0.137 e. The lowest BCUT2D eigenvalue weighted by atomic mass is 10.0. The SMILES string of the molecule is CCCN(CCC)CC(N)COc1cncc(C(C)CC)c1. The number of nitrogens with zero attached hydrogens (tertiary/aromatic N) is 2. The molecule has 0 aromatic carbocycles. The third-order valence-corrected chi connectivity index (χ3v) is 3.95. The van der Waals surface area contributed by atoms with Gasteiger partial charge in [-0.2, -0.15) is 0 Å². The van der Waals surface area contributed by atoms with Crippen LogP contribution in [0.3, 0.4) is 0 Å². The molecule has 0 aliphatic rings. The number of aromatic nitrogens is 1. The van der Waals surface area contributed by atoms with E-state index in [4.69, 9.17) is 10.5 Å². The van der Waals surface area contributed by atoms with Crippen LogP contribution in [-0.4, -0.2) is 42.2 Å². The van der Waals surface area contributed by atoms with Crippen LogP contribution in [0, 0.1) is 0 Å². The number of hydrogen-bond acceptors (Lipinski definition) is 4. The molecule has 22 heavy (non-hydrogen) atoms. The van der Waals surface area contributed by atoms with Crippen molar-refractivity contribution >= 4 is 0 Å². The zero-order valence-corrected chi connectivity index (χ0v) is 14.7. The van der Waals surface area contributed by atoms with Gasteiger partial charge in [-0.05, 0) is 49.9 Å². The molecule has 2 N–H and O–H groups in total. The first-order chi connectivity index (χ1) is 10.6. The van der Waals surface area contributed by atoms with Crippen molar-refractivity contribution in [3.05, 3.63) is 24.0 Å². The molecule has 0 bridgehead atoms. The number of nitrogens with two attached hydrogens (primary N) is 1. The van der Waals surface area contributed by atoms with Crippen LogP contribution in [0.1, 0.15) is 58.4 Å². The summed E-state index contributed by atoms with van der Waals surface area (Å²) < 4.78 is 5.85. The van der Waals surface area contributed by atoms with Crippen molar-refractivity contribution < 1.29 is 4.74 Å². The quantitative estimate of drug-likeness (QED) is 0.680. The van der Waals surface area contributed by atoms with Crippen molar-refractivity contribution in [2.24, 2.45) is 5.73 Å². The Morgan fingerprint density at radius 3 is 2.45 bits per heavy atom. The third kappa shape index (κ3) is 6.75. The molecule has 0 amide bonds. The highest BCUT2D eigenvalue weighted by molar-refractivity contribution is 5.25. The molecule has 0 aliphatic heterocycles. The standard InChI is InChI=1S/C18H33N3O/c1-5-8-21(9-6-2)13-17(19)14-22-18-10-16(11-20-12-18)15(4)7-3/h10-12,15,17H,5-9,13-14,19H2,1-4H3. The van der Waals surface area contributed by atoms with E-state index >= 15 is 0 Å². The minimum atomic E-state index is 0.0327. The van der Waals surface area contributed by atoms with Gasteiger partial charge in [0.2, 0.25) is 0 Å². The van der Waals surface area contributed by atoms with E-state index in [1.807, 2.05) is 6.20 Å². The van der Waals surface area contributed by atoms with Gasteiger partial charge in [-0.1, -0.05) is 27.7 Å². The molecule has 0 fully saturated rings. The summed E-state index contributed by atoms with van der Waals surface area (Å²) in [5.74, 6) is 1.33. The van der Waals surface area contributed by atoms with Gasteiger partial charge in [-0.15, -0.1) is 0 Å². The molecule has 0 saturated carbocycles. The maximum absolute atomic E-state index is 6.22. The molecular formula is C18H33N3O. The van der Waals surface area contributed by atoms with Crippen molar-refractivity contribution in [3.63, 3.8) is 0 Å². The van der Waals surface area contributed by atoms with E-state index in [1.54, 1.807) is 6.20 Å². The predicted molar refractivity (Wildman–Crippen MR) is 93.4 cm³/mol. The molecule has 0 saturated heterocycles. The van der Waals surface area contributed by atoms with E-state index < -0.39 is 0 Å². The molecule has 0 aliphatic carbocycles. The number of hydrogen-bond donors (Lipinski definition) is 1. The molecule has 4 heteroatoms. The zero-order valence-electron chi connectivity index (χ0n) is 14.7. The van der Waals surface area contributed by atoms with Crippen LogP contribution in [0.4, 0.5) is 0 Å². The Morgan fingerprint density at radius 2 is 1.86 bits per heavy atom. The van der Waals surface area contributed by atoms with Gasteiger partial charge in [0.1, 0.15) is 12.4 Å². The molecule has 1 heterocycles. The first-order valence-corrected chi connectivity index (χ1v) is 8.66. The molecular weight excluding hydrogens is 274 g/mol. The highest BCUT2D eigenvalue weighted by Gasteiger charge is 2.11. The minimum Gasteiger partial charge on any atom is -0.490 e. The van der Waals surface area contributed by atoms with Gasteiger partial charge < -0.3 is 15.4 Å².